The van der Waals surface area contributed by atoms with Crippen molar-refractivity contribution >= 4 is 23.4 Å². The van der Waals surface area contributed by atoms with Crippen LogP contribution in [0.4, 0.5) is 0 Å². The zero-order valence-corrected chi connectivity index (χ0v) is 19.5. The number of aliphatic hydroxyl groups excluding tert-OH is 2. The van der Waals surface area contributed by atoms with Gasteiger partial charge < -0.3 is 30.9 Å². The predicted molar refractivity (Wildman–Crippen MR) is 119 cm³/mol. The molecule has 35 heavy (non-hydrogen) atoms. The highest BCUT2D eigenvalue weighted by molar-refractivity contribution is 6.25. The smallest absolute Gasteiger partial charge is 0.302 e. The van der Waals surface area contributed by atoms with Gasteiger partial charge in [0.05, 0.1) is 17.5 Å². The summed E-state index contributed by atoms with van der Waals surface area (Å²) < 4.78 is 5.59. The number of phenolic OH excluding ortho intramolecular Hbond substituents is 1. The molecule has 6 atom stereocenters. The van der Waals surface area contributed by atoms with Gasteiger partial charge >= 0.3 is 5.97 Å². The van der Waals surface area contributed by atoms with Crippen molar-refractivity contribution in [1.82, 2.24) is 4.90 Å². The van der Waals surface area contributed by atoms with Gasteiger partial charge in [-0.1, -0.05) is 19.1 Å². The number of aromatic hydroxyl groups is 1. The van der Waals surface area contributed by atoms with E-state index >= 15 is 0 Å². The van der Waals surface area contributed by atoms with E-state index in [1.807, 2.05) is 0 Å². The molecule has 0 aromatic heterocycles. The van der Waals surface area contributed by atoms with E-state index in [4.69, 9.17) is 10.5 Å². The number of nitrogens with two attached hydrogens (primary N) is 1. The number of esters is 1. The molecule has 0 spiro atoms. The molecule has 1 amide bonds. The van der Waals surface area contributed by atoms with Crippen LogP contribution in [0.3, 0.4) is 0 Å². The van der Waals surface area contributed by atoms with E-state index in [-0.39, 0.29) is 11.3 Å². The Hall–Kier alpha value is -3.70. The molecule has 6 N–H and O–H groups in total. The van der Waals surface area contributed by atoms with Crippen molar-refractivity contribution in [3.05, 3.63) is 52.0 Å². The van der Waals surface area contributed by atoms with Gasteiger partial charge in [0.15, 0.2) is 11.4 Å². The number of phenols is 1. The van der Waals surface area contributed by atoms with Crippen LogP contribution in [0.5, 0.6) is 5.75 Å². The summed E-state index contributed by atoms with van der Waals surface area (Å²) in [6, 6.07) is 3.12. The van der Waals surface area contributed by atoms with E-state index in [0.29, 0.717) is 5.56 Å². The van der Waals surface area contributed by atoms with Gasteiger partial charge in [-0.25, -0.2) is 0 Å². The number of carbonyl (C=O) groups excluding carboxylic acids is 4. The van der Waals surface area contributed by atoms with Gasteiger partial charge in [-0.15, -0.1) is 0 Å². The van der Waals surface area contributed by atoms with Crippen molar-refractivity contribution in [2.24, 2.45) is 17.6 Å². The van der Waals surface area contributed by atoms with E-state index in [1.165, 1.54) is 31.1 Å². The van der Waals surface area contributed by atoms with Crippen molar-refractivity contribution in [3.8, 4) is 5.75 Å². The summed E-state index contributed by atoms with van der Waals surface area (Å²) in [4.78, 5) is 52.7. The number of carbonyl (C=O) groups is 4. The Labute approximate surface area is 200 Å². The van der Waals surface area contributed by atoms with Crippen molar-refractivity contribution < 1.29 is 44.3 Å². The lowest BCUT2D eigenvalue weighted by Gasteiger charge is -2.54. The van der Waals surface area contributed by atoms with Crippen LogP contribution in [0.2, 0.25) is 0 Å². The summed E-state index contributed by atoms with van der Waals surface area (Å²) >= 11 is 0. The van der Waals surface area contributed by atoms with Crippen LogP contribution in [-0.2, 0) is 19.1 Å². The molecule has 0 heterocycles. The highest BCUT2D eigenvalue weighted by atomic mass is 16.5. The Morgan fingerprint density at radius 2 is 1.77 bits per heavy atom. The molecular formula is C24H26N2O9. The fraction of sp³-hybridized carbons (Fsp3) is 0.417. The third kappa shape index (κ3) is 3.11. The fourth-order valence-electron chi connectivity index (χ4n) is 5.89. The highest BCUT2D eigenvalue weighted by Gasteiger charge is 2.68. The van der Waals surface area contributed by atoms with Crippen molar-refractivity contribution in [3.63, 3.8) is 0 Å². The first-order valence-corrected chi connectivity index (χ1v) is 10.9. The van der Waals surface area contributed by atoms with Gasteiger partial charge in [0.2, 0.25) is 5.78 Å². The first-order valence-electron chi connectivity index (χ1n) is 10.9. The molecule has 0 saturated carbocycles. The largest absolute Gasteiger partial charge is 0.510 e. The average Bonchev–Trinajstić information content (AvgIpc) is 2.75. The molecule has 11 heteroatoms. The van der Waals surface area contributed by atoms with Crippen LogP contribution in [-0.4, -0.2) is 80.6 Å². The lowest BCUT2D eigenvalue weighted by molar-refractivity contribution is -0.179. The van der Waals surface area contributed by atoms with E-state index < -0.39 is 81.6 Å². The molecule has 4 rings (SSSR count). The van der Waals surface area contributed by atoms with Crippen LogP contribution in [0, 0.1) is 11.8 Å². The molecule has 1 aromatic rings. The molecule has 0 fully saturated rings. The lowest BCUT2D eigenvalue weighted by atomic mass is 9.55. The lowest BCUT2D eigenvalue weighted by Crippen LogP contribution is -2.69. The maximum absolute atomic E-state index is 13.6. The number of fused-ring (bicyclic) bond motifs is 3. The number of amides is 1. The number of ether oxygens (including phenoxy) is 1. The summed E-state index contributed by atoms with van der Waals surface area (Å²) in [5.41, 5.74) is 1.32. The Kier molecular flexibility index (Phi) is 5.53. The molecular weight excluding hydrogens is 460 g/mol. The number of Topliss-reactive ketones (excluding diaryl/α,β-unsaturated/α-hetero) is 2. The summed E-state index contributed by atoms with van der Waals surface area (Å²) in [6.07, 6.45) is -1.40. The van der Waals surface area contributed by atoms with Crippen LogP contribution < -0.4 is 5.73 Å². The van der Waals surface area contributed by atoms with E-state index in [1.54, 1.807) is 13.0 Å². The number of aliphatic hydroxyl groups is 3. The van der Waals surface area contributed by atoms with Gasteiger partial charge in [-0.05, 0) is 31.6 Å². The standard InChI is InChI=1S/C24H26N2O9/c1-8-10-6-5-7-11(28)13(10)18(29)14-12(8)20(35-9(2)27)16-17(26(3)4)19(30)15(23(25)33)22(32)24(16,34)21(14)31/h5-8,12,16-17,20,28,30-31,34H,1-4H3,(H2,25,33)/t8-,12+,16-,17+,20-,24+/m0/s1. The van der Waals surface area contributed by atoms with Crippen LogP contribution in [0.1, 0.15) is 35.7 Å². The molecule has 1 aromatic carbocycles. The van der Waals surface area contributed by atoms with Crippen molar-refractivity contribution in [1.29, 1.82) is 0 Å². The summed E-state index contributed by atoms with van der Waals surface area (Å²) in [6.45, 7) is 2.79. The average molecular weight is 486 g/mol. The summed E-state index contributed by atoms with van der Waals surface area (Å²) in [5.74, 6) is -9.78. The molecule has 0 radical (unpaired) electrons. The maximum atomic E-state index is 13.6. The van der Waals surface area contributed by atoms with Gasteiger partial charge in [0, 0.05) is 18.4 Å². The fourth-order valence-corrected chi connectivity index (χ4v) is 5.89. The molecule has 11 nitrogen and oxygen atoms in total. The normalized spacial score (nSPS) is 32.2. The predicted octanol–water partition coefficient (Wildman–Crippen LogP) is 0.223. The monoisotopic (exact) mass is 486 g/mol. The third-order valence-corrected chi connectivity index (χ3v) is 7.27. The number of benzene rings is 1. The first kappa shape index (κ1) is 24.4. The minimum Gasteiger partial charge on any atom is -0.510 e. The quantitative estimate of drug-likeness (QED) is 0.292. The topological polar surface area (TPSA) is 188 Å². The second kappa shape index (κ2) is 7.92. The SMILES string of the molecule is CC(=O)O[C@H]1[C@H]2C(=C(O)[C@@]3(O)C(=O)C(C(N)=O)=C(O)[C@H](N(C)C)[C@@H]13)C(=O)c1c(O)cccc1[C@@H]2C. The number of nitrogens with zero attached hydrogens (tertiary/aromatic N) is 1. The summed E-state index contributed by atoms with van der Waals surface area (Å²) in [7, 11) is 2.97. The molecule has 186 valence electrons. The third-order valence-electron chi connectivity index (χ3n) is 7.27. The number of likely N-dealkylation sites (N-methyl/N-ethyl adjacent to an activating group) is 1. The highest BCUT2D eigenvalue weighted by Crippen LogP contribution is 2.56. The van der Waals surface area contributed by atoms with Gasteiger partial charge in [0.25, 0.3) is 5.91 Å². The Morgan fingerprint density at radius 3 is 2.31 bits per heavy atom. The Morgan fingerprint density at radius 1 is 1.14 bits per heavy atom. The number of ketones is 2. The second-order valence-electron chi connectivity index (χ2n) is 9.38. The molecule has 0 aliphatic heterocycles. The van der Waals surface area contributed by atoms with E-state index in [0.717, 1.165) is 6.92 Å². The summed E-state index contributed by atoms with van der Waals surface area (Å²) in [5, 5.41) is 44.5. The zero-order valence-electron chi connectivity index (χ0n) is 19.5. The van der Waals surface area contributed by atoms with Gasteiger partial charge in [-0.3, -0.25) is 24.1 Å². The first-order chi connectivity index (χ1) is 16.3. The van der Waals surface area contributed by atoms with Gasteiger partial charge in [-0.2, -0.15) is 0 Å². The van der Waals surface area contributed by atoms with Crippen LogP contribution in [0.15, 0.2) is 40.9 Å². The number of rotatable bonds is 3. The van der Waals surface area contributed by atoms with Crippen molar-refractivity contribution in [2.75, 3.05) is 14.1 Å². The molecule has 3 aliphatic rings. The van der Waals surface area contributed by atoms with E-state index in [2.05, 4.69) is 0 Å². The molecule has 3 aliphatic carbocycles. The minimum atomic E-state index is -2.94. The minimum absolute atomic E-state index is 0.123. The molecule has 0 saturated heterocycles. The zero-order chi connectivity index (χ0) is 26.1. The molecule has 0 unspecified atom stereocenters. The number of primary amides is 1. The Bertz CT molecular complexity index is 1250. The van der Waals surface area contributed by atoms with Crippen molar-refractivity contribution in [2.45, 2.75) is 37.5 Å². The Balaban J connectivity index is 2.11. The number of hydrogen-bond acceptors (Lipinski definition) is 10. The van der Waals surface area contributed by atoms with Gasteiger partial charge in [0.1, 0.15) is 28.9 Å². The maximum Gasteiger partial charge on any atom is 0.302 e. The van der Waals surface area contributed by atoms with Crippen LogP contribution in [0.25, 0.3) is 0 Å². The number of hydrogen-bond donors (Lipinski definition) is 5. The van der Waals surface area contributed by atoms with E-state index in [9.17, 15) is 39.6 Å². The second-order valence-corrected chi connectivity index (χ2v) is 9.38. The molecule has 0 bridgehead atoms. The van der Waals surface area contributed by atoms with Crippen LogP contribution >= 0.6 is 0 Å².